The van der Waals surface area contributed by atoms with E-state index in [1.807, 2.05) is 60.9 Å². The second kappa shape index (κ2) is 17.4. The van der Waals surface area contributed by atoms with Crippen LogP contribution in [0.1, 0.15) is 78.1 Å². The standard InChI is InChI=1S/C36H43N2O5P/c1-40-31-17-10-18-32(41-2)29(31)24-26-14-12-21-37-35(26)28(16-8-6-5-7-9-23-44-39)36-27(15-13-22-38-36)25-30-33(42-3)19-11-20-34(30)43-4/h10-15,17-22,28H,5-9,16,23-25H2,1-4H3/p+1. The predicted molar refractivity (Wildman–Crippen MR) is 177 cm³/mol. The third-order valence-electron chi connectivity index (χ3n) is 8.08. The summed E-state index contributed by atoms with van der Waals surface area (Å²) in [7, 11) is 6.55. The zero-order chi connectivity index (χ0) is 31.1. The number of ether oxygens (including phenoxy) is 4. The van der Waals surface area contributed by atoms with Crippen molar-refractivity contribution in [1.82, 2.24) is 9.97 Å². The fourth-order valence-electron chi connectivity index (χ4n) is 5.89. The van der Waals surface area contributed by atoms with Crippen LogP contribution in [0.15, 0.2) is 73.1 Å². The van der Waals surface area contributed by atoms with Gasteiger partial charge in [-0.25, -0.2) is 0 Å². The molecule has 0 saturated heterocycles. The number of unbranched alkanes of at least 4 members (excludes halogenated alkanes) is 4. The molecule has 44 heavy (non-hydrogen) atoms. The number of rotatable bonds is 18. The maximum atomic E-state index is 10.9. The van der Waals surface area contributed by atoms with Crippen LogP contribution in [0.3, 0.4) is 0 Å². The Morgan fingerprint density at radius 3 is 1.45 bits per heavy atom. The van der Waals surface area contributed by atoms with E-state index in [9.17, 15) is 4.57 Å². The molecule has 0 fully saturated rings. The molecule has 0 N–H and O–H groups in total. The van der Waals surface area contributed by atoms with Crippen LogP contribution in [0, 0.1) is 0 Å². The molecule has 8 heteroatoms. The van der Waals surface area contributed by atoms with E-state index < -0.39 is 0 Å². The lowest BCUT2D eigenvalue weighted by Gasteiger charge is -2.23. The van der Waals surface area contributed by atoms with Crippen molar-refractivity contribution in [2.24, 2.45) is 0 Å². The Balaban J connectivity index is 1.75. The van der Waals surface area contributed by atoms with Crippen LogP contribution < -0.4 is 18.9 Å². The highest BCUT2D eigenvalue weighted by molar-refractivity contribution is 7.23. The van der Waals surface area contributed by atoms with Gasteiger partial charge in [-0.2, -0.15) is 0 Å². The lowest BCUT2D eigenvalue weighted by atomic mass is 9.85. The van der Waals surface area contributed by atoms with Crippen LogP contribution in [0.2, 0.25) is 0 Å². The third-order valence-corrected chi connectivity index (χ3v) is 8.64. The number of hydrogen-bond acceptors (Lipinski definition) is 7. The van der Waals surface area contributed by atoms with E-state index in [0.29, 0.717) is 12.8 Å². The van der Waals surface area contributed by atoms with Crippen molar-refractivity contribution >= 4 is 8.46 Å². The van der Waals surface area contributed by atoms with Gasteiger partial charge in [0, 0.05) is 42.3 Å². The minimum atomic E-state index is -0.206. The van der Waals surface area contributed by atoms with Gasteiger partial charge >= 0.3 is 8.46 Å². The van der Waals surface area contributed by atoms with Gasteiger partial charge in [-0.15, -0.1) is 0 Å². The highest BCUT2D eigenvalue weighted by Crippen LogP contribution is 2.38. The van der Waals surface area contributed by atoms with E-state index in [-0.39, 0.29) is 14.4 Å². The first-order chi connectivity index (χ1) is 21.6. The zero-order valence-corrected chi connectivity index (χ0v) is 27.3. The summed E-state index contributed by atoms with van der Waals surface area (Å²) < 4.78 is 33.8. The summed E-state index contributed by atoms with van der Waals surface area (Å²) in [5, 5.41) is 0. The molecule has 0 bridgehead atoms. The molecule has 4 aromatic rings. The van der Waals surface area contributed by atoms with E-state index >= 15 is 0 Å². The van der Waals surface area contributed by atoms with Crippen LogP contribution in [-0.2, 0) is 17.4 Å². The minimum Gasteiger partial charge on any atom is -0.496 e. The third kappa shape index (κ3) is 8.35. The molecule has 0 amide bonds. The maximum Gasteiger partial charge on any atom is 0.324 e. The van der Waals surface area contributed by atoms with Gasteiger partial charge in [0.1, 0.15) is 29.2 Å². The lowest BCUT2D eigenvalue weighted by molar-refractivity contribution is 0.386. The Bertz CT molecular complexity index is 1350. The summed E-state index contributed by atoms with van der Waals surface area (Å²) in [5.74, 6) is 3.13. The van der Waals surface area contributed by atoms with Gasteiger partial charge in [-0.1, -0.05) is 48.1 Å². The first-order valence-corrected chi connectivity index (χ1v) is 16.4. The number of hydrogen-bond donors (Lipinski definition) is 0. The van der Waals surface area contributed by atoms with Crippen molar-refractivity contribution in [1.29, 1.82) is 0 Å². The molecular formula is C36H44N2O5P+. The van der Waals surface area contributed by atoms with Gasteiger partial charge < -0.3 is 18.9 Å². The predicted octanol–water partition coefficient (Wildman–Crippen LogP) is 8.19. The van der Waals surface area contributed by atoms with Crippen molar-refractivity contribution in [3.05, 3.63) is 107 Å². The Morgan fingerprint density at radius 2 is 1.02 bits per heavy atom. The molecule has 0 saturated carbocycles. The Hall–Kier alpha value is -3.96. The van der Waals surface area contributed by atoms with Gasteiger partial charge in [-0.3, -0.25) is 9.97 Å². The van der Waals surface area contributed by atoms with Gasteiger partial charge in [-0.05, 0) is 66.8 Å². The summed E-state index contributed by atoms with van der Waals surface area (Å²) in [6, 6.07) is 20.0. The molecule has 1 atom stereocenters. The Kier molecular flexibility index (Phi) is 13.0. The number of benzene rings is 2. The van der Waals surface area contributed by atoms with E-state index in [1.54, 1.807) is 28.4 Å². The smallest absolute Gasteiger partial charge is 0.324 e. The van der Waals surface area contributed by atoms with Gasteiger partial charge in [0.25, 0.3) is 0 Å². The molecule has 0 aliphatic rings. The fraction of sp³-hybridized carbons (Fsp3) is 0.389. The number of aromatic nitrogens is 2. The molecule has 1 unspecified atom stereocenters. The SMILES string of the molecule is COc1cccc(OC)c1Cc1cccnc1C(CCCCCCC[PH+]=O)c1ncccc1Cc1c(OC)cccc1OC. The van der Waals surface area contributed by atoms with Gasteiger partial charge in [0.15, 0.2) is 0 Å². The zero-order valence-electron chi connectivity index (χ0n) is 26.3. The van der Waals surface area contributed by atoms with E-state index in [0.717, 1.165) is 101 Å². The molecule has 2 heterocycles. The van der Waals surface area contributed by atoms with Crippen LogP contribution >= 0.6 is 8.46 Å². The van der Waals surface area contributed by atoms with Crippen molar-refractivity contribution in [2.75, 3.05) is 34.6 Å². The molecule has 2 aromatic heterocycles. The molecule has 232 valence electrons. The minimum absolute atomic E-state index is 0.0214. The topological polar surface area (TPSA) is 79.8 Å². The van der Waals surface area contributed by atoms with Crippen LogP contribution in [0.4, 0.5) is 0 Å². The summed E-state index contributed by atoms with van der Waals surface area (Å²) in [6.07, 6.45) is 12.1. The average molecular weight is 616 g/mol. The first kappa shape index (κ1) is 32.9. The van der Waals surface area contributed by atoms with E-state index in [1.165, 1.54) is 0 Å². The monoisotopic (exact) mass is 615 g/mol. The molecule has 0 spiro atoms. The van der Waals surface area contributed by atoms with Gasteiger partial charge in [0.2, 0.25) is 0 Å². The highest BCUT2D eigenvalue weighted by atomic mass is 31.1. The number of nitrogens with zero attached hydrogens (tertiary/aromatic N) is 2. The maximum absolute atomic E-state index is 10.9. The fourth-order valence-corrected chi connectivity index (χ4v) is 6.29. The van der Waals surface area contributed by atoms with Crippen molar-refractivity contribution in [3.8, 4) is 23.0 Å². The van der Waals surface area contributed by atoms with E-state index in [2.05, 4.69) is 12.1 Å². The summed E-state index contributed by atoms with van der Waals surface area (Å²) in [6.45, 7) is 0. The summed E-state index contributed by atoms with van der Waals surface area (Å²) >= 11 is 0. The second-order valence-electron chi connectivity index (χ2n) is 10.7. The Labute approximate surface area is 263 Å². The second-order valence-corrected chi connectivity index (χ2v) is 11.5. The average Bonchev–Trinajstić information content (AvgIpc) is 3.07. The molecule has 0 aliphatic carbocycles. The van der Waals surface area contributed by atoms with Crippen LogP contribution in [0.5, 0.6) is 23.0 Å². The first-order valence-electron chi connectivity index (χ1n) is 15.3. The van der Waals surface area contributed by atoms with Crippen molar-refractivity contribution in [3.63, 3.8) is 0 Å². The van der Waals surface area contributed by atoms with Crippen LogP contribution in [0.25, 0.3) is 0 Å². The number of methoxy groups -OCH3 is 4. The normalized spacial score (nSPS) is 11.1. The quantitative estimate of drug-likeness (QED) is 0.0825. The Morgan fingerprint density at radius 1 is 0.591 bits per heavy atom. The number of pyridine rings is 2. The molecular weight excluding hydrogens is 571 g/mol. The van der Waals surface area contributed by atoms with Gasteiger partial charge in [0.05, 0.1) is 39.8 Å². The largest absolute Gasteiger partial charge is 0.496 e. The molecule has 4 rings (SSSR count). The summed E-state index contributed by atoms with van der Waals surface area (Å²) in [5.41, 5.74) is 6.24. The van der Waals surface area contributed by atoms with Crippen molar-refractivity contribution < 1.29 is 23.5 Å². The summed E-state index contributed by atoms with van der Waals surface area (Å²) in [4.78, 5) is 10.0. The molecule has 2 aromatic carbocycles. The molecule has 0 aliphatic heterocycles. The molecule has 0 radical (unpaired) electrons. The lowest BCUT2D eigenvalue weighted by Crippen LogP contribution is -2.13. The van der Waals surface area contributed by atoms with E-state index in [4.69, 9.17) is 28.9 Å². The van der Waals surface area contributed by atoms with Crippen molar-refractivity contribution in [2.45, 2.75) is 57.3 Å². The molecule has 7 nitrogen and oxygen atoms in total. The van der Waals surface area contributed by atoms with Crippen LogP contribution in [-0.4, -0.2) is 44.6 Å². The highest BCUT2D eigenvalue weighted by Gasteiger charge is 2.25.